The molecule has 0 aromatic heterocycles. The van der Waals surface area contributed by atoms with Crippen molar-refractivity contribution in [3.63, 3.8) is 0 Å². The first-order valence-corrected chi connectivity index (χ1v) is 5.88. The van der Waals surface area contributed by atoms with Crippen molar-refractivity contribution < 1.29 is 9.72 Å². The van der Waals surface area contributed by atoms with Crippen molar-refractivity contribution in [2.24, 2.45) is 0 Å². The molecule has 0 aromatic carbocycles. The Bertz CT molecular complexity index is 436. The lowest BCUT2D eigenvalue weighted by Crippen LogP contribution is -2.25. The van der Waals surface area contributed by atoms with Crippen LogP contribution in [-0.2, 0) is 4.79 Å². The number of amides is 1. The summed E-state index contributed by atoms with van der Waals surface area (Å²) < 4.78 is 0. The molecule has 0 aromatic rings. The average molecular weight is 251 g/mol. The van der Waals surface area contributed by atoms with Gasteiger partial charge in [-0.3, -0.25) is 14.9 Å². The van der Waals surface area contributed by atoms with Crippen LogP contribution < -0.4 is 10.6 Å². The molecule has 1 rings (SSSR count). The fourth-order valence-corrected chi connectivity index (χ4v) is 1.62. The second-order valence-corrected chi connectivity index (χ2v) is 3.72. The zero-order valence-corrected chi connectivity index (χ0v) is 10.5. The summed E-state index contributed by atoms with van der Waals surface area (Å²) in [5.74, 6) is -0.192. The van der Waals surface area contributed by atoms with Crippen molar-refractivity contribution in [3.05, 3.63) is 45.3 Å². The van der Waals surface area contributed by atoms with Gasteiger partial charge in [-0.2, -0.15) is 0 Å². The highest BCUT2D eigenvalue weighted by Gasteiger charge is 2.18. The molecule has 0 saturated heterocycles. The maximum atomic E-state index is 11.7. The third-order valence-electron chi connectivity index (χ3n) is 2.40. The van der Waals surface area contributed by atoms with E-state index < -0.39 is 4.92 Å². The quantitative estimate of drug-likeness (QED) is 0.566. The minimum absolute atomic E-state index is 0.0175. The van der Waals surface area contributed by atoms with Gasteiger partial charge in [-0.1, -0.05) is 6.08 Å². The number of nitrogens with one attached hydrogen (secondary N) is 2. The second-order valence-electron chi connectivity index (χ2n) is 3.72. The molecule has 0 atom stereocenters. The van der Waals surface area contributed by atoms with Gasteiger partial charge in [0.15, 0.2) is 0 Å². The molecule has 1 aliphatic rings. The number of carbonyl (C=O) groups excluding carboxylic acids is 1. The molecule has 0 unspecified atom stereocenters. The fraction of sp³-hybridized carbons (Fsp3) is 0.417. The molecule has 0 aliphatic heterocycles. The first-order valence-electron chi connectivity index (χ1n) is 5.88. The van der Waals surface area contributed by atoms with Crippen LogP contribution in [0.25, 0.3) is 0 Å². The molecule has 0 spiro atoms. The van der Waals surface area contributed by atoms with E-state index in [1.54, 1.807) is 12.2 Å². The summed E-state index contributed by atoms with van der Waals surface area (Å²) in [4.78, 5) is 22.2. The number of rotatable bonds is 5. The van der Waals surface area contributed by atoms with Gasteiger partial charge in [0.2, 0.25) is 5.91 Å². The molecule has 0 fully saturated rings. The Kier molecular flexibility index (Phi) is 5.10. The molecule has 6 heteroatoms. The van der Waals surface area contributed by atoms with E-state index in [-0.39, 0.29) is 11.6 Å². The summed E-state index contributed by atoms with van der Waals surface area (Å²) in [7, 11) is 0. The number of nitro groups is 1. The molecule has 0 heterocycles. The summed E-state index contributed by atoms with van der Waals surface area (Å²) in [5, 5.41) is 16.5. The summed E-state index contributed by atoms with van der Waals surface area (Å²) >= 11 is 0. The lowest BCUT2D eigenvalue weighted by molar-refractivity contribution is -0.420. The van der Waals surface area contributed by atoms with Gasteiger partial charge in [0.25, 0.3) is 5.70 Å². The van der Waals surface area contributed by atoms with Gasteiger partial charge in [-0.25, -0.2) is 0 Å². The predicted molar refractivity (Wildman–Crippen MR) is 68.2 cm³/mol. The molecular weight excluding hydrogens is 234 g/mol. The van der Waals surface area contributed by atoms with Crippen molar-refractivity contribution in [2.75, 3.05) is 13.1 Å². The molecule has 0 radical (unpaired) electrons. The van der Waals surface area contributed by atoms with Crippen LogP contribution in [-0.4, -0.2) is 23.9 Å². The molecular formula is C12H17N3O3. The van der Waals surface area contributed by atoms with Crippen molar-refractivity contribution in [1.82, 2.24) is 10.6 Å². The van der Waals surface area contributed by atoms with E-state index >= 15 is 0 Å². The Balaban J connectivity index is 3.11. The molecule has 2 N–H and O–H groups in total. The highest BCUT2D eigenvalue weighted by atomic mass is 16.6. The first-order chi connectivity index (χ1) is 8.60. The first kappa shape index (κ1) is 14.0. The van der Waals surface area contributed by atoms with E-state index in [9.17, 15) is 14.9 Å². The lowest BCUT2D eigenvalue weighted by Gasteiger charge is -2.07. The number of hydrogen-bond donors (Lipinski definition) is 2. The van der Waals surface area contributed by atoms with Crippen LogP contribution in [0.3, 0.4) is 0 Å². The Morgan fingerprint density at radius 3 is 2.72 bits per heavy atom. The topological polar surface area (TPSA) is 84.3 Å². The van der Waals surface area contributed by atoms with Gasteiger partial charge in [0.1, 0.15) is 5.70 Å². The zero-order chi connectivity index (χ0) is 13.5. The lowest BCUT2D eigenvalue weighted by atomic mass is 10.1. The monoisotopic (exact) mass is 251 g/mol. The SMILES string of the molecule is CCNC(=O)C1=CC(NCC)=C([N+](=O)[O-])C=CC1. The van der Waals surface area contributed by atoms with Crippen molar-refractivity contribution >= 4 is 5.91 Å². The van der Waals surface area contributed by atoms with Crippen LogP contribution in [0.4, 0.5) is 0 Å². The minimum Gasteiger partial charge on any atom is -0.380 e. The molecule has 1 amide bonds. The highest BCUT2D eigenvalue weighted by Crippen LogP contribution is 2.16. The fourth-order valence-electron chi connectivity index (χ4n) is 1.62. The number of likely N-dealkylation sites (N-methyl/N-ethyl adjacent to an activating group) is 2. The Morgan fingerprint density at radius 2 is 2.17 bits per heavy atom. The third kappa shape index (κ3) is 3.44. The number of allylic oxidation sites excluding steroid dienone is 3. The maximum absolute atomic E-state index is 11.7. The smallest absolute Gasteiger partial charge is 0.292 e. The molecule has 18 heavy (non-hydrogen) atoms. The molecule has 1 aliphatic carbocycles. The van der Waals surface area contributed by atoms with Gasteiger partial charge in [-0.05, 0) is 26.3 Å². The van der Waals surface area contributed by atoms with Crippen molar-refractivity contribution in [1.29, 1.82) is 0 Å². The van der Waals surface area contributed by atoms with Gasteiger partial charge < -0.3 is 10.6 Å². The van der Waals surface area contributed by atoms with Gasteiger partial charge >= 0.3 is 0 Å². The molecule has 98 valence electrons. The van der Waals surface area contributed by atoms with Gasteiger partial charge in [0.05, 0.1) is 4.92 Å². The van der Waals surface area contributed by atoms with Crippen molar-refractivity contribution in [3.8, 4) is 0 Å². The summed E-state index contributed by atoms with van der Waals surface area (Å²) in [5.41, 5.74) is 0.870. The summed E-state index contributed by atoms with van der Waals surface area (Å²) in [6.45, 7) is 4.76. The second kappa shape index (κ2) is 6.58. The van der Waals surface area contributed by atoms with Crippen LogP contribution in [0.2, 0.25) is 0 Å². The Hall–Kier alpha value is -2.11. The predicted octanol–water partition coefficient (Wildman–Crippen LogP) is 1.11. The Labute approximate surface area is 106 Å². The van der Waals surface area contributed by atoms with Gasteiger partial charge in [0, 0.05) is 24.7 Å². The minimum atomic E-state index is -0.453. The van der Waals surface area contributed by atoms with Crippen LogP contribution >= 0.6 is 0 Å². The van der Waals surface area contributed by atoms with E-state index in [1.807, 2.05) is 13.8 Å². The van der Waals surface area contributed by atoms with E-state index in [2.05, 4.69) is 10.6 Å². The average Bonchev–Trinajstić information content (AvgIpc) is 2.52. The van der Waals surface area contributed by atoms with E-state index in [4.69, 9.17) is 0 Å². The Morgan fingerprint density at radius 1 is 1.44 bits per heavy atom. The summed E-state index contributed by atoms with van der Waals surface area (Å²) in [6.07, 6.45) is 4.99. The van der Waals surface area contributed by atoms with Gasteiger partial charge in [-0.15, -0.1) is 0 Å². The van der Waals surface area contributed by atoms with E-state index in [1.165, 1.54) is 6.08 Å². The van der Waals surface area contributed by atoms with Crippen LogP contribution in [0.15, 0.2) is 35.2 Å². The zero-order valence-electron chi connectivity index (χ0n) is 10.5. The standard InChI is InChI=1S/C12H17N3O3/c1-3-13-10-8-9(12(16)14-4-2)6-5-7-11(10)15(17)18/h5,7-8,13H,3-4,6H2,1-2H3,(H,14,16). The largest absolute Gasteiger partial charge is 0.380 e. The van der Waals surface area contributed by atoms with Crippen LogP contribution in [0.1, 0.15) is 20.3 Å². The number of carbonyl (C=O) groups is 1. The highest BCUT2D eigenvalue weighted by molar-refractivity contribution is 5.94. The maximum Gasteiger partial charge on any atom is 0.292 e. The van der Waals surface area contributed by atoms with Crippen LogP contribution in [0.5, 0.6) is 0 Å². The molecule has 6 nitrogen and oxygen atoms in total. The van der Waals surface area contributed by atoms with E-state index in [0.29, 0.717) is 30.8 Å². The number of hydrogen-bond acceptors (Lipinski definition) is 4. The number of nitrogens with zero attached hydrogens (tertiary/aromatic N) is 1. The normalized spacial score (nSPS) is 14.9. The third-order valence-corrected chi connectivity index (χ3v) is 2.40. The van der Waals surface area contributed by atoms with Crippen LogP contribution in [0, 0.1) is 10.1 Å². The molecule has 0 bridgehead atoms. The van der Waals surface area contributed by atoms with Crippen molar-refractivity contribution in [2.45, 2.75) is 20.3 Å². The van der Waals surface area contributed by atoms with E-state index in [0.717, 1.165) is 0 Å². The summed E-state index contributed by atoms with van der Waals surface area (Å²) in [6, 6.07) is 0. The molecule has 0 saturated carbocycles.